The van der Waals surface area contributed by atoms with E-state index < -0.39 is 0 Å². The molecule has 1 fully saturated rings. The summed E-state index contributed by atoms with van der Waals surface area (Å²) in [6, 6.07) is 11.6. The predicted molar refractivity (Wildman–Crippen MR) is 109 cm³/mol. The van der Waals surface area contributed by atoms with Crippen molar-refractivity contribution in [2.45, 2.75) is 18.9 Å². The zero-order valence-electron chi connectivity index (χ0n) is 16.8. The molecule has 0 spiro atoms. The van der Waals surface area contributed by atoms with Crippen molar-refractivity contribution in [3.63, 3.8) is 0 Å². The molecule has 0 saturated carbocycles. The van der Waals surface area contributed by atoms with Crippen molar-refractivity contribution in [1.29, 1.82) is 0 Å². The van der Waals surface area contributed by atoms with Gasteiger partial charge in [-0.25, -0.2) is 0 Å². The van der Waals surface area contributed by atoms with E-state index in [1.165, 1.54) is 0 Å². The lowest BCUT2D eigenvalue weighted by Gasteiger charge is -2.26. The van der Waals surface area contributed by atoms with Crippen molar-refractivity contribution >= 4 is 11.6 Å². The molecule has 7 heteroatoms. The highest BCUT2D eigenvalue weighted by molar-refractivity contribution is 5.94. The van der Waals surface area contributed by atoms with Gasteiger partial charge in [0.2, 0.25) is 5.91 Å². The van der Waals surface area contributed by atoms with E-state index in [0.29, 0.717) is 36.9 Å². The second kappa shape index (κ2) is 8.61. The van der Waals surface area contributed by atoms with Crippen LogP contribution in [0.5, 0.6) is 23.0 Å². The molecule has 4 rings (SSSR count). The van der Waals surface area contributed by atoms with Gasteiger partial charge in [0.05, 0.1) is 26.5 Å². The van der Waals surface area contributed by atoms with Crippen LogP contribution < -0.4 is 24.3 Å². The van der Waals surface area contributed by atoms with Crippen molar-refractivity contribution < 1.29 is 23.7 Å². The summed E-state index contributed by atoms with van der Waals surface area (Å²) >= 11 is 0. The first-order valence-electron chi connectivity index (χ1n) is 9.83. The highest BCUT2D eigenvalue weighted by atomic mass is 16.6. The fourth-order valence-corrected chi connectivity index (χ4v) is 3.95. The first kappa shape index (κ1) is 19.4. The van der Waals surface area contributed by atoms with Crippen LogP contribution in [0.3, 0.4) is 0 Å². The number of benzene rings is 2. The molecule has 2 aromatic carbocycles. The third kappa shape index (κ3) is 4.24. The van der Waals surface area contributed by atoms with Crippen molar-refractivity contribution in [2.24, 2.45) is 0 Å². The Hall–Kier alpha value is -2.93. The van der Waals surface area contributed by atoms with Crippen LogP contribution in [0.25, 0.3) is 0 Å². The Morgan fingerprint density at radius 2 is 1.93 bits per heavy atom. The zero-order valence-corrected chi connectivity index (χ0v) is 16.8. The summed E-state index contributed by atoms with van der Waals surface area (Å²) in [4.78, 5) is 15.0. The van der Waals surface area contributed by atoms with E-state index in [-0.39, 0.29) is 11.9 Å². The predicted octanol–water partition coefficient (Wildman–Crippen LogP) is 3.25. The minimum absolute atomic E-state index is 0.0824. The molecule has 2 aliphatic rings. The van der Waals surface area contributed by atoms with Crippen LogP contribution in [0.15, 0.2) is 36.4 Å². The molecule has 1 N–H and O–H groups in total. The number of likely N-dealkylation sites (tertiary alicyclic amines) is 1. The second-order valence-electron chi connectivity index (χ2n) is 7.15. The van der Waals surface area contributed by atoms with E-state index in [9.17, 15) is 4.79 Å². The topological polar surface area (TPSA) is 69.3 Å². The van der Waals surface area contributed by atoms with Gasteiger partial charge in [-0.15, -0.1) is 0 Å². The van der Waals surface area contributed by atoms with Gasteiger partial charge < -0.3 is 24.3 Å². The van der Waals surface area contributed by atoms with E-state index in [1.54, 1.807) is 32.4 Å². The van der Waals surface area contributed by atoms with Crippen LogP contribution in [0.1, 0.15) is 24.4 Å². The van der Waals surface area contributed by atoms with Crippen LogP contribution >= 0.6 is 0 Å². The SMILES string of the molecule is COc1ccc(OC)c(NC(=O)CN2CCCC2c2ccc3c(c2)OCCO3)c1. The van der Waals surface area contributed by atoms with E-state index >= 15 is 0 Å². The van der Waals surface area contributed by atoms with Gasteiger partial charge in [0.15, 0.2) is 11.5 Å². The summed E-state index contributed by atoms with van der Waals surface area (Å²) in [6.07, 6.45) is 2.06. The number of carbonyl (C=O) groups is 1. The summed E-state index contributed by atoms with van der Waals surface area (Å²) in [5.74, 6) is 2.75. The lowest BCUT2D eigenvalue weighted by molar-refractivity contribution is -0.117. The average Bonchev–Trinajstić information content (AvgIpc) is 3.21. The third-order valence-electron chi connectivity index (χ3n) is 5.34. The molecule has 154 valence electrons. The Labute approximate surface area is 170 Å². The standard InChI is InChI=1S/C22H26N2O5/c1-26-16-6-8-19(27-2)17(13-16)23-22(25)14-24-9-3-4-18(24)15-5-7-20-21(12-15)29-11-10-28-20/h5-8,12-13,18H,3-4,9-11,14H2,1-2H3,(H,23,25). The number of methoxy groups -OCH3 is 2. The number of carbonyl (C=O) groups excluding carboxylic acids is 1. The minimum Gasteiger partial charge on any atom is -0.497 e. The summed E-state index contributed by atoms with van der Waals surface area (Å²) in [6.45, 7) is 2.33. The first-order valence-corrected chi connectivity index (χ1v) is 9.83. The van der Waals surface area contributed by atoms with Gasteiger partial charge >= 0.3 is 0 Å². The maximum Gasteiger partial charge on any atom is 0.238 e. The first-order chi connectivity index (χ1) is 14.2. The smallest absolute Gasteiger partial charge is 0.238 e. The molecule has 1 saturated heterocycles. The summed E-state index contributed by atoms with van der Waals surface area (Å²) < 4.78 is 21.9. The van der Waals surface area contributed by atoms with Crippen LogP contribution in [-0.4, -0.2) is 51.3 Å². The van der Waals surface area contributed by atoms with Crippen LogP contribution in [0, 0.1) is 0 Å². The molecule has 0 bridgehead atoms. The second-order valence-corrected chi connectivity index (χ2v) is 7.15. The molecule has 1 unspecified atom stereocenters. The molecule has 2 heterocycles. The molecule has 1 amide bonds. The number of nitrogens with one attached hydrogen (secondary N) is 1. The fraction of sp³-hybridized carbons (Fsp3) is 0.409. The Bertz CT molecular complexity index is 886. The molecular formula is C22H26N2O5. The number of fused-ring (bicyclic) bond motifs is 1. The van der Waals surface area contributed by atoms with Gasteiger partial charge in [-0.2, -0.15) is 0 Å². The highest BCUT2D eigenvalue weighted by Gasteiger charge is 2.29. The van der Waals surface area contributed by atoms with E-state index in [4.69, 9.17) is 18.9 Å². The molecule has 0 radical (unpaired) electrons. The van der Waals surface area contributed by atoms with Gasteiger partial charge in [-0.3, -0.25) is 9.69 Å². The molecule has 2 aliphatic heterocycles. The zero-order chi connectivity index (χ0) is 20.2. The molecule has 2 aromatic rings. The Morgan fingerprint density at radius 1 is 1.10 bits per heavy atom. The summed E-state index contributed by atoms with van der Waals surface area (Å²) in [5.41, 5.74) is 1.76. The Balaban J connectivity index is 1.45. The monoisotopic (exact) mass is 398 g/mol. The normalized spacial score (nSPS) is 18.3. The van der Waals surface area contributed by atoms with Gasteiger partial charge in [-0.1, -0.05) is 6.07 Å². The average molecular weight is 398 g/mol. The molecular weight excluding hydrogens is 372 g/mol. The van der Waals surface area contributed by atoms with Crippen LogP contribution in [0.2, 0.25) is 0 Å². The third-order valence-corrected chi connectivity index (χ3v) is 5.34. The lowest BCUT2D eigenvalue weighted by Crippen LogP contribution is -2.33. The summed E-state index contributed by atoms with van der Waals surface area (Å²) in [5, 5.41) is 2.95. The molecule has 7 nitrogen and oxygen atoms in total. The van der Waals surface area contributed by atoms with Crippen LogP contribution in [-0.2, 0) is 4.79 Å². The molecule has 1 atom stereocenters. The largest absolute Gasteiger partial charge is 0.497 e. The number of anilines is 1. The number of nitrogens with zero attached hydrogens (tertiary/aromatic N) is 1. The van der Waals surface area contributed by atoms with Crippen molar-refractivity contribution in [3.8, 4) is 23.0 Å². The van der Waals surface area contributed by atoms with Gasteiger partial charge in [0, 0.05) is 12.1 Å². The minimum atomic E-state index is -0.0824. The summed E-state index contributed by atoms with van der Waals surface area (Å²) in [7, 11) is 3.17. The number of hydrogen-bond donors (Lipinski definition) is 1. The highest BCUT2D eigenvalue weighted by Crippen LogP contribution is 2.38. The lowest BCUT2D eigenvalue weighted by atomic mass is 10.0. The molecule has 0 aromatic heterocycles. The van der Waals surface area contributed by atoms with E-state index in [2.05, 4.69) is 16.3 Å². The van der Waals surface area contributed by atoms with Crippen molar-refractivity contribution in [2.75, 3.05) is 45.8 Å². The van der Waals surface area contributed by atoms with E-state index in [0.717, 1.165) is 36.4 Å². The van der Waals surface area contributed by atoms with Crippen molar-refractivity contribution in [3.05, 3.63) is 42.0 Å². The maximum absolute atomic E-state index is 12.8. The molecule has 0 aliphatic carbocycles. The van der Waals surface area contributed by atoms with E-state index in [1.807, 2.05) is 12.1 Å². The Kier molecular flexibility index (Phi) is 5.76. The van der Waals surface area contributed by atoms with Crippen molar-refractivity contribution in [1.82, 2.24) is 4.90 Å². The van der Waals surface area contributed by atoms with Gasteiger partial charge in [0.25, 0.3) is 0 Å². The molecule has 29 heavy (non-hydrogen) atoms. The maximum atomic E-state index is 12.8. The van der Waals surface area contributed by atoms with Crippen LogP contribution in [0.4, 0.5) is 5.69 Å². The number of hydrogen-bond acceptors (Lipinski definition) is 6. The van der Waals surface area contributed by atoms with Gasteiger partial charge in [0.1, 0.15) is 24.7 Å². The Morgan fingerprint density at radius 3 is 2.72 bits per heavy atom. The van der Waals surface area contributed by atoms with Gasteiger partial charge in [-0.05, 0) is 49.2 Å². The quantitative estimate of drug-likeness (QED) is 0.806. The number of ether oxygens (including phenoxy) is 4. The number of rotatable bonds is 6. The fourth-order valence-electron chi connectivity index (χ4n) is 3.95. The number of amides is 1.